The quantitative estimate of drug-likeness (QED) is 0.485. The number of carbonyl (C=O) groups is 1. The highest BCUT2D eigenvalue weighted by Crippen LogP contribution is 2.35. The standard InChI is InChI=1S/C15H21N3O4S/c1-16-8-10-4-5-17(9-10)15(19)11-6-14(23-3)13(22-2)7-12(11)18(20)21/h6-7,10,16H,4-5,8-9H2,1-3H3. The van der Waals surface area contributed by atoms with Crippen molar-refractivity contribution in [2.75, 3.05) is 40.0 Å². The largest absolute Gasteiger partial charge is 0.495 e. The molecule has 1 aliphatic heterocycles. The predicted octanol–water partition coefficient (Wildman–Crippen LogP) is 2.01. The van der Waals surface area contributed by atoms with E-state index in [1.165, 1.54) is 24.9 Å². The van der Waals surface area contributed by atoms with Crippen LogP contribution in [0.3, 0.4) is 0 Å². The molecule has 1 amide bonds. The highest BCUT2D eigenvalue weighted by Gasteiger charge is 2.31. The molecule has 0 aromatic heterocycles. The van der Waals surface area contributed by atoms with Crippen molar-refractivity contribution in [3.8, 4) is 5.75 Å². The molecule has 0 aliphatic carbocycles. The SMILES string of the molecule is CNCC1CCN(C(=O)c2cc(SC)c(OC)cc2[N+](=O)[O-])C1. The first-order valence-electron chi connectivity index (χ1n) is 7.36. The van der Waals surface area contributed by atoms with Gasteiger partial charge in [-0.15, -0.1) is 11.8 Å². The van der Waals surface area contributed by atoms with E-state index in [4.69, 9.17) is 4.74 Å². The van der Waals surface area contributed by atoms with E-state index in [1.54, 1.807) is 11.0 Å². The molecular weight excluding hydrogens is 318 g/mol. The summed E-state index contributed by atoms with van der Waals surface area (Å²) in [6.07, 6.45) is 2.75. The molecule has 0 radical (unpaired) electrons. The average molecular weight is 339 g/mol. The minimum atomic E-state index is -0.527. The lowest BCUT2D eigenvalue weighted by atomic mass is 10.1. The summed E-state index contributed by atoms with van der Waals surface area (Å²) >= 11 is 1.39. The molecule has 0 spiro atoms. The van der Waals surface area contributed by atoms with E-state index >= 15 is 0 Å². The van der Waals surface area contributed by atoms with E-state index < -0.39 is 4.92 Å². The number of methoxy groups -OCH3 is 1. The summed E-state index contributed by atoms with van der Waals surface area (Å²) in [7, 11) is 3.34. The molecule has 0 bridgehead atoms. The summed E-state index contributed by atoms with van der Waals surface area (Å²) in [5.74, 6) is 0.518. The van der Waals surface area contributed by atoms with Crippen LogP contribution in [0.25, 0.3) is 0 Å². The minimum absolute atomic E-state index is 0.130. The number of rotatable bonds is 6. The summed E-state index contributed by atoms with van der Waals surface area (Å²) in [6, 6.07) is 2.90. The van der Waals surface area contributed by atoms with Crippen molar-refractivity contribution in [3.63, 3.8) is 0 Å². The van der Waals surface area contributed by atoms with Crippen LogP contribution in [0.15, 0.2) is 17.0 Å². The van der Waals surface area contributed by atoms with E-state index in [-0.39, 0.29) is 17.2 Å². The van der Waals surface area contributed by atoms with Crippen LogP contribution in [0.1, 0.15) is 16.8 Å². The topological polar surface area (TPSA) is 84.7 Å². The summed E-state index contributed by atoms with van der Waals surface area (Å²) in [5.41, 5.74) is -0.0769. The highest BCUT2D eigenvalue weighted by atomic mass is 32.2. The van der Waals surface area contributed by atoms with E-state index in [9.17, 15) is 14.9 Å². The maximum absolute atomic E-state index is 12.7. The first kappa shape index (κ1) is 17.6. The smallest absolute Gasteiger partial charge is 0.285 e. The van der Waals surface area contributed by atoms with Gasteiger partial charge in [0.05, 0.1) is 23.0 Å². The van der Waals surface area contributed by atoms with Gasteiger partial charge in [-0.2, -0.15) is 0 Å². The maximum Gasteiger partial charge on any atom is 0.285 e. The molecule has 1 aromatic carbocycles. The first-order valence-corrected chi connectivity index (χ1v) is 8.58. The fourth-order valence-electron chi connectivity index (χ4n) is 2.83. The second-order valence-electron chi connectivity index (χ2n) is 5.44. The molecule has 1 saturated heterocycles. The zero-order valence-corrected chi connectivity index (χ0v) is 14.3. The number of carbonyl (C=O) groups excluding carboxylic acids is 1. The maximum atomic E-state index is 12.7. The average Bonchev–Trinajstić information content (AvgIpc) is 3.01. The second kappa shape index (κ2) is 7.65. The van der Waals surface area contributed by atoms with Gasteiger partial charge in [0.2, 0.25) is 0 Å². The van der Waals surface area contributed by atoms with Crippen LogP contribution in [0.2, 0.25) is 0 Å². The molecule has 1 unspecified atom stereocenters. The molecule has 23 heavy (non-hydrogen) atoms. The number of nitrogens with zero attached hydrogens (tertiary/aromatic N) is 2. The Morgan fingerprint density at radius 3 is 2.87 bits per heavy atom. The van der Waals surface area contributed by atoms with E-state index in [0.717, 1.165) is 13.0 Å². The number of hydrogen-bond donors (Lipinski definition) is 1. The van der Waals surface area contributed by atoms with E-state index in [0.29, 0.717) is 29.7 Å². The Labute approximate surface area is 139 Å². The number of amides is 1. The van der Waals surface area contributed by atoms with Crippen molar-refractivity contribution in [1.82, 2.24) is 10.2 Å². The Bertz CT molecular complexity index is 609. The number of hydrogen-bond acceptors (Lipinski definition) is 6. The molecule has 1 aromatic rings. The predicted molar refractivity (Wildman–Crippen MR) is 89.4 cm³/mol. The first-order chi connectivity index (χ1) is 11.0. The third kappa shape index (κ3) is 3.76. The van der Waals surface area contributed by atoms with Crippen LogP contribution in [0.4, 0.5) is 5.69 Å². The summed E-state index contributed by atoms with van der Waals surface area (Å²) in [4.78, 5) is 26.0. The van der Waals surface area contributed by atoms with Gasteiger partial charge in [-0.25, -0.2) is 0 Å². The molecule has 7 nitrogen and oxygen atoms in total. The van der Waals surface area contributed by atoms with E-state index in [1.807, 2.05) is 13.3 Å². The molecule has 1 N–H and O–H groups in total. The number of nitrogens with one attached hydrogen (secondary N) is 1. The van der Waals surface area contributed by atoms with Gasteiger partial charge in [-0.1, -0.05) is 0 Å². The number of ether oxygens (including phenoxy) is 1. The number of nitro groups is 1. The van der Waals surface area contributed by atoms with Gasteiger partial charge in [0, 0.05) is 13.1 Å². The summed E-state index contributed by atoms with van der Waals surface area (Å²) < 4.78 is 5.18. The van der Waals surface area contributed by atoms with Crippen LogP contribution in [-0.4, -0.2) is 55.8 Å². The Morgan fingerprint density at radius 2 is 2.30 bits per heavy atom. The van der Waals surface area contributed by atoms with E-state index in [2.05, 4.69) is 5.32 Å². The van der Waals surface area contributed by atoms with Gasteiger partial charge in [0.1, 0.15) is 11.3 Å². The normalized spacial score (nSPS) is 17.3. The number of nitro benzene ring substituents is 1. The third-order valence-corrected chi connectivity index (χ3v) is 4.75. The van der Waals surface area contributed by atoms with Crippen LogP contribution in [-0.2, 0) is 0 Å². The Kier molecular flexibility index (Phi) is 5.84. The van der Waals surface area contributed by atoms with Gasteiger partial charge in [-0.05, 0) is 38.3 Å². The van der Waals surface area contributed by atoms with Crippen molar-refractivity contribution < 1.29 is 14.5 Å². The van der Waals surface area contributed by atoms with Crippen molar-refractivity contribution >= 4 is 23.4 Å². The number of likely N-dealkylation sites (tertiary alicyclic amines) is 1. The number of thioether (sulfide) groups is 1. The Hall–Kier alpha value is -1.80. The van der Waals surface area contributed by atoms with Gasteiger partial charge >= 0.3 is 0 Å². The van der Waals surface area contributed by atoms with Crippen molar-refractivity contribution in [1.29, 1.82) is 0 Å². The van der Waals surface area contributed by atoms with Crippen molar-refractivity contribution in [2.45, 2.75) is 11.3 Å². The van der Waals surface area contributed by atoms with Crippen molar-refractivity contribution in [2.24, 2.45) is 5.92 Å². The lowest BCUT2D eigenvalue weighted by Crippen LogP contribution is -2.30. The van der Waals surface area contributed by atoms with Gasteiger partial charge in [0.25, 0.3) is 11.6 Å². The van der Waals surface area contributed by atoms with Crippen molar-refractivity contribution in [3.05, 3.63) is 27.8 Å². The van der Waals surface area contributed by atoms with Crippen LogP contribution in [0.5, 0.6) is 5.75 Å². The molecule has 1 fully saturated rings. The fraction of sp³-hybridized carbons (Fsp3) is 0.533. The lowest BCUT2D eigenvalue weighted by Gasteiger charge is -2.17. The molecule has 1 atom stereocenters. The second-order valence-corrected chi connectivity index (χ2v) is 6.29. The lowest BCUT2D eigenvalue weighted by molar-refractivity contribution is -0.385. The molecule has 1 heterocycles. The summed E-state index contributed by atoms with van der Waals surface area (Å²) in [5, 5.41) is 14.4. The zero-order chi connectivity index (χ0) is 17.0. The molecule has 8 heteroatoms. The molecular formula is C15H21N3O4S. The summed E-state index contributed by atoms with van der Waals surface area (Å²) in [6.45, 7) is 2.09. The minimum Gasteiger partial charge on any atom is -0.495 e. The molecule has 1 aliphatic rings. The van der Waals surface area contributed by atoms with Crippen LogP contribution >= 0.6 is 11.8 Å². The molecule has 126 valence electrons. The third-order valence-electron chi connectivity index (χ3n) is 3.99. The Balaban J connectivity index is 2.34. The number of benzene rings is 1. The zero-order valence-electron chi connectivity index (χ0n) is 13.5. The van der Waals surface area contributed by atoms with Gasteiger partial charge < -0.3 is 15.0 Å². The van der Waals surface area contributed by atoms with Crippen LogP contribution < -0.4 is 10.1 Å². The van der Waals surface area contributed by atoms with Gasteiger partial charge in [0.15, 0.2) is 0 Å². The Morgan fingerprint density at radius 1 is 1.57 bits per heavy atom. The van der Waals surface area contributed by atoms with Crippen LogP contribution in [0, 0.1) is 16.0 Å². The monoisotopic (exact) mass is 339 g/mol. The highest BCUT2D eigenvalue weighted by molar-refractivity contribution is 7.98. The molecule has 0 saturated carbocycles. The van der Waals surface area contributed by atoms with Gasteiger partial charge in [-0.3, -0.25) is 14.9 Å². The fourth-order valence-corrected chi connectivity index (χ4v) is 3.41. The molecule has 2 rings (SSSR count).